The molecule has 1 atom stereocenters. The fourth-order valence-electron chi connectivity index (χ4n) is 1.57. The number of carbonyl (C=O) groups is 1. The minimum absolute atomic E-state index is 0.0529. The molecule has 0 spiro atoms. The number of Topliss-reactive ketones (excluding diaryl/α,β-unsaturated/α-hetero) is 1. The highest BCUT2D eigenvalue weighted by atomic mass is 32.2. The Kier molecular flexibility index (Phi) is 2.91. The molecule has 76 valence electrons. The summed E-state index contributed by atoms with van der Waals surface area (Å²) in [5, 5.41) is 0.633. The first kappa shape index (κ1) is 9.77. The Morgan fingerprint density at radius 3 is 3.21 bits per heavy atom. The van der Waals surface area contributed by atoms with E-state index in [2.05, 4.69) is 4.98 Å². The zero-order valence-corrected chi connectivity index (χ0v) is 8.97. The minimum atomic E-state index is -0.0529. The predicted octanol–water partition coefficient (Wildman–Crippen LogP) is 2.32. The number of hydrogen-bond donors (Lipinski definition) is 0. The maximum Gasteiger partial charge on any atom is 0.196 e. The van der Waals surface area contributed by atoms with Crippen molar-refractivity contribution in [3.63, 3.8) is 0 Å². The van der Waals surface area contributed by atoms with E-state index in [0.717, 1.165) is 6.42 Å². The molecule has 0 amide bonds. The zero-order chi connectivity index (χ0) is 9.97. The molecule has 1 aromatic rings. The van der Waals surface area contributed by atoms with Crippen LogP contribution >= 0.6 is 11.8 Å². The maximum absolute atomic E-state index is 11.0. The highest BCUT2D eigenvalue weighted by Crippen LogP contribution is 2.28. The summed E-state index contributed by atoms with van der Waals surface area (Å²) in [5.41, 5.74) is 0. The van der Waals surface area contributed by atoms with E-state index in [-0.39, 0.29) is 5.78 Å². The zero-order valence-electron chi connectivity index (χ0n) is 8.16. The summed E-state index contributed by atoms with van der Waals surface area (Å²) < 4.78 is 5.33. The van der Waals surface area contributed by atoms with Crippen molar-refractivity contribution in [3.8, 4) is 0 Å². The van der Waals surface area contributed by atoms with E-state index in [4.69, 9.17) is 4.42 Å². The highest BCUT2D eigenvalue weighted by Gasteiger charge is 2.19. The largest absolute Gasteiger partial charge is 0.438 e. The van der Waals surface area contributed by atoms with Gasteiger partial charge in [0, 0.05) is 18.6 Å². The smallest absolute Gasteiger partial charge is 0.196 e. The molecule has 0 N–H and O–H groups in total. The monoisotopic (exact) mass is 211 g/mol. The summed E-state index contributed by atoms with van der Waals surface area (Å²) in [6, 6.07) is 0. The van der Waals surface area contributed by atoms with E-state index in [1.165, 1.54) is 31.7 Å². The first-order valence-electron chi connectivity index (χ1n) is 4.83. The molecule has 1 fully saturated rings. The Balaban J connectivity index is 1.98. The number of nitrogens with zero attached hydrogens (tertiary/aromatic N) is 1. The van der Waals surface area contributed by atoms with Crippen LogP contribution in [0.1, 0.15) is 36.2 Å². The molecule has 0 aliphatic carbocycles. The fourth-order valence-corrected chi connectivity index (χ4v) is 2.83. The molecule has 14 heavy (non-hydrogen) atoms. The highest BCUT2D eigenvalue weighted by molar-refractivity contribution is 8.00. The van der Waals surface area contributed by atoms with Gasteiger partial charge in [-0.3, -0.25) is 4.79 Å². The van der Waals surface area contributed by atoms with Crippen molar-refractivity contribution in [2.75, 3.05) is 5.75 Å². The van der Waals surface area contributed by atoms with Gasteiger partial charge in [-0.15, -0.1) is 0 Å². The second-order valence-corrected chi connectivity index (χ2v) is 4.92. The lowest BCUT2D eigenvalue weighted by Crippen LogP contribution is -2.01. The van der Waals surface area contributed by atoms with Crippen LogP contribution in [-0.4, -0.2) is 21.8 Å². The fraction of sp³-hybridized carbons (Fsp3) is 0.600. The van der Waals surface area contributed by atoms with Gasteiger partial charge in [0.1, 0.15) is 0 Å². The maximum atomic E-state index is 11.0. The molecule has 2 rings (SSSR count). The molecule has 0 bridgehead atoms. The number of ketones is 1. The summed E-state index contributed by atoms with van der Waals surface area (Å²) in [6.07, 6.45) is 4.91. The number of aromatic nitrogens is 1. The molecular weight excluding hydrogens is 198 g/mol. The van der Waals surface area contributed by atoms with Crippen LogP contribution in [0.15, 0.2) is 10.6 Å². The minimum Gasteiger partial charge on any atom is -0.438 e. The van der Waals surface area contributed by atoms with Gasteiger partial charge < -0.3 is 4.42 Å². The summed E-state index contributed by atoms with van der Waals surface area (Å²) >= 11 is 1.97. The average molecular weight is 211 g/mol. The van der Waals surface area contributed by atoms with Crippen LogP contribution in [0.3, 0.4) is 0 Å². The van der Waals surface area contributed by atoms with Gasteiger partial charge >= 0.3 is 0 Å². The van der Waals surface area contributed by atoms with Gasteiger partial charge in [0.2, 0.25) is 0 Å². The molecule has 1 unspecified atom stereocenters. The van der Waals surface area contributed by atoms with Crippen molar-refractivity contribution >= 4 is 17.5 Å². The number of oxazole rings is 1. The van der Waals surface area contributed by atoms with E-state index >= 15 is 0 Å². The molecule has 1 aliphatic heterocycles. The third-order valence-electron chi connectivity index (χ3n) is 2.33. The Morgan fingerprint density at radius 1 is 1.79 bits per heavy atom. The Labute approximate surface area is 87.3 Å². The number of thioether (sulfide) groups is 1. The van der Waals surface area contributed by atoms with Gasteiger partial charge in [-0.05, 0) is 18.6 Å². The molecule has 1 aliphatic rings. The third kappa shape index (κ3) is 2.18. The van der Waals surface area contributed by atoms with Crippen LogP contribution in [0, 0.1) is 0 Å². The van der Waals surface area contributed by atoms with Gasteiger partial charge in [-0.25, -0.2) is 4.98 Å². The molecular formula is C10H13NO2S. The van der Waals surface area contributed by atoms with Crippen LogP contribution in [-0.2, 0) is 6.42 Å². The Hall–Kier alpha value is -0.770. The summed E-state index contributed by atoms with van der Waals surface area (Å²) in [5.74, 6) is 2.27. The standard InChI is InChI=1S/C10H13NO2S/c1-7(12)9-6-11-10(13-9)5-8-3-2-4-14-8/h6,8H,2-5H2,1H3. The van der Waals surface area contributed by atoms with Crippen molar-refractivity contribution in [3.05, 3.63) is 17.8 Å². The van der Waals surface area contributed by atoms with E-state index in [1.807, 2.05) is 11.8 Å². The van der Waals surface area contributed by atoms with Crippen molar-refractivity contribution in [2.45, 2.75) is 31.4 Å². The van der Waals surface area contributed by atoms with Crippen LogP contribution in [0.4, 0.5) is 0 Å². The molecule has 0 aromatic carbocycles. The molecule has 1 saturated heterocycles. The first-order valence-corrected chi connectivity index (χ1v) is 5.88. The summed E-state index contributed by atoms with van der Waals surface area (Å²) in [6.45, 7) is 1.49. The van der Waals surface area contributed by atoms with Crippen LogP contribution in [0.25, 0.3) is 0 Å². The van der Waals surface area contributed by atoms with Gasteiger partial charge in [0.05, 0.1) is 6.20 Å². The first-order chi connectivity index (χ1) is 6.75. The summed E-state index contributed by atoms with van der Waals surface area (Å²) in [4.78, 5) is 15.1. The molecule has 0 saturated carbocycles. The number of hydrogen-bond acceptors (Lipinski definition) is 4. The second-order valence-electron chi connectivity index (χ2n) is 3.51. The molecule has 3 nitrogen and oxygen atoms in total. The lowest BCUT2D eigenvalue weighted by Gasteiger charge is -2.03. The van der Waals surface area contributed by atoms with Crippen LogP contribution in [0.5, 0.6) is 0 Å². The topological polar surface area (TPSA) is 43.1 Å². The Bertz CT molecular complexity index is 329. The quantitative estimate of drug-likeness (QED) is 0.720. The third-order valence-corrected chi connectivity index (χ3v) is 3.72. The average Bonchev–Trinajstić information content (AvgIpc) is 2.75. The van der Waals surface area contributed by atoms with Crippen molar-refractivity contribution in [1.82, 2.24) is 4.98 Å². The van der Waals surface area contributed by atoms with Crippen LogP contribution in [0.2, 0.25) is 0 Å². The molecule has 0 radical (unpaired) electrons. The molecule has 4 heteroatoms. The van der Waals surface area contributed by atoms with E-state index in [1.54, 1.807) is 0 Å². The van der Waals surface area contributed by atoms with E-state index < -0.39 is 0 Å². The normalized spacial score (nSPS) is 21.4. The number of rotatable bonds is 3. The second kappa shape index (κ2) is 4.17. The van der Waals surface area contributed by atoms with E-state index in [0.29, 0.717) is 16.9 Å². The van der Waals surface area contributed by atoms with E-state index in [9.17, 15) is 4.79 Å². The lowest BCUT2D eigenvalue weighted by atomic mass is 10.2. The van der Waals surface area contributed by atoms with Crippen LogP contribution < -0.4 is 0 Å². The molecule has 2 heterocycles. The van der Waals surface area contributed by atoms with Crippen molar-refractivity contribution in [2.24, 2.45) is 0 Å². The van der Waals surface area contributed by atoms with Crippen molar-refractivity contribution in [1.29, 1.82) is 0 Å². The van der Waals surface area contributed by atoms with Gasteiger partial charge in [0.25, 0.3) is 0 Å². The Morgan fingerprint density at radius 2 is 2.64 bits per heavy atom. The van der Waals surface area contributed by atoms with Gasteiger partial charge in [-0.2, -0.15) is 11.8 Å². The molecule has 1 aromatic heterocycles. The van der Waals surface area contributed by atoms with Gasteiger partial charge in [-0.1, -0.05) is 0 Å². The van der Waals surface area contributed by atoms with Gasteiger partial charge in [0.15, 0.2) is 17.4 Å². The number of carbonyl (C=O) groups excluding carboxylic acids is 1. The van der Waals surface area contributed by atoms with Crippen molar-refractivity contribution < 1.29 is 9.21 Å². The predicted molar refractivity (Wildman–Crippen MR) is 55.7 cm³/mol. The lowest BCUT2D eigenvalue weighted by molar-refractivity contribution is 0.0985. The summed E-state index contributed by atoms with van der Waals surface area (Å²) in [7, 11) is 0. The SMILES string of the molecule is CC(=O)c1cnc(CC2CCCS2)o1.